The van der Waals surface area contributed by atoms with Crippen molar-refractivity contribution in [2.45, 2.75) is 39.4 Å². The van der Waals surface area contributed by atoms with Crippen molar-refractivity contribution in [3.05, 3.63) is 77.9 Å². The van der Waals surface area contributed by atoms with E-state index in [0.29, 0.717) is 19.7 Å². The standard InChI is InChI=1S/C26H30N2O4.CH2O2/c1-26(2,3)32-25(30)28-16-15-27-24(29)17-19-11-13-22(14-12-19)31-18-21-9-6-8-20-7-4-5-10-23(20)21;2-1-3/h4-14H,15-18H2,1-3H3,(H,27,29)(H,28,30);1H,(H,2,3). The third-order valence-corrected chi connectivity index (χ3v) is 4.68. The Morgan fingerprint density at radius 3 is 2.23 bits per heavy atom. The topological polar surface area (TPSA) is 114 Å². The van der Waals surface area contributed by atoms with Gasteiger partial charge in [-0.15, -0.1) is 0 Å². The fourth-order valence-electron chi connectivity index (χ4n) is 3.21. The minimum absolute atomic E-state index is 0.111. The average molecular weight is 481 g/mol. The van der Waals surface area contributed by atoms with Gasteiger partial charge in [-0.25, -0.2) is 4.79 Å². The fourth-order valence-corrected chi connectivity index (χ4v) is 3.21. The number of carbonyl (C=O) groups is 3. The molecule has 186 valence electrons. The Hall–Kier alpha value is -4.07. The summed E-state index contributed by atoms with van der Waals surface area (Å²) < 4.78 is 11.1. The lowest BCUT2D eigenvalue weighted by atomic mass is 10.1. The molecule has 35 heavy (non-hydrogen) atoms. The van der Waals surface area contributed by atoms with Crippen LogP contribution in [0.4, 0.5) is 4.79 Å². The van der Waals surface area contributed by atoms with Gasteiger partial charge in [-0.3, -0.25) is 9.59 Å². The number of fused-ring (bicyclic) bond motifs is 1. The molecule has 3 aromatic carbocycles. The molecule has 2 amide bonds. The fraction of sp³-hybridized carbons (Fsp3) is 0.296. The maximum atomic E-state index is 12.1. The SMILES string of the molecule is CC(C)(C)OC(=O)NCCNC(=O)Cc1ccc(OCc2cccc3ccccc23)cc1.O=CO. The third kappa shape index (κ3) is 10.2. The molecule has 0 heterocycles. The van der Waals surface area contributed by atoms with Crippen molar-refractivity contribution in [2.24, 2.45) is 0 Å². The predicted molar refractivity (Wildman–Crippen MR) is 134 cm³/mol. The number of carbonyl (C=O) groups excluding carboxylic acids is 2. The molecule has 0 aliphatic heterocycles. The van der Waals surface area contributed by atoms with E-state index in [1.54, 1.807) is 20.8 Å². The van der Waals surface area contributed by atoms with Crippen molar-refractivity contribution >= 4 is 29.2 Å². The van der Waals surface area contributed by atoms with E-state index < -0.39 is 11.7 Å². The lowest BCUT2D eigenvalue weighted by Gasteiger charge is -2.19. The second-order valence-electron chi connectivity index (χ2n) is 8.63. The summed E-state index contributed by atoms with van der Waals surface area (Å²) in [6.07, 6.45) is -0.235. The molecule has 0 bridgehead atoms. The van der Waals surface area contributed by atoms with E-state index in [0.717, 1.165) is 16.9 Å². The van der Waals surface area contributed by atoms with E-state index in [2.05, 4.69) is 34.9 Å². The van der Waals surface area contributed by atoms with Gasteiger partial charge in [0.25, 0.3) is 6.47 Å². The zero-order valence-electron chi connectivity index (χ0n) is 20.2. The van der Waals surface area contributed by atoms with Gasteiger partial charge >= 0.3 is 6.09 Å². The molecule has 0 aliphatic carbocycles. The first-order valence-corrected chi connectivity index (χ1v) is 11.2. The van der Waals surface area contributed by atoms with Crippen molar-refractivity contribution < 1.29 is 29.0 Å². The second-order valence-corrected chi connectivity index (χ2v) is 8.63. The Kier molecular flexibility index (Phi) is 10.6. The molecule has 0 aliphatic rings. The number of ether oxygens (including phenoxy) is 2. The molecule has 0 saturated heterocycles. The molecule has 0 aromatic heterocycles. The molecule has 8 heteroatoms. The van der Waals surface area contributed by atoms with Gasteiger partial charge in [0.2, 0.25) is 5.91 Å². The number of hydrogen-bond acceptors (Lipinski definition) is 5. The molecule has 3 aromatic rings. The normalized spacial score (nSPS) is 10.5. The van der Waals surface area contributed by atoms with Gasteiger partial charge in [-0.2, -0.15) is 0 Å². The highest BCUT2D eigenvalue weighted by molar-refractivity contribution is 5.85. The Labute approximate surface area is 205 Å². The lowest BCUT2D eigenvalue weighted by Crippen LogP contribution is -2.38. The van der Waals surface area contributed by atoms with Gasteiger partial charge in [0, 0.05) is 13.1 Å². The Morgan fingerprint density at radius 2 is 1.54 bits per heavy atom. The highest BCUT2D eigenvalue weighted by Crippen LogP contribution is 2.21. The quantitative estimate of drug-likeness (QED) is 0.327. The van der Waals surface area contributed by atoms with E-state index in [-0.39, 0.29) is 18.8 Å². The average Bonchev–Trinajstić information content (AvgIpc) is 2.81. The second kappa shape index (κ2) is 13.6. The van der Waals surface area contributed by atoms with Crippen LogP contribution in [0.25, 0.3) is 10.8 Å². The van der Waals surface area contributed by atoms with Crippen LogP contribution in [0.3, 0.4) is 0 Å². The molecule has 0 saturated carbocycles. The summed E-state index contributed by atoms with van der Waals surface area (Å²) in [4.78, 5) is 32.1. The molecule has 0 unspecified atom stereocenters. The van der Waals surface area contributed by atoms with Crippen LogP contribution in [0.5, 0.6) is 5.75 Å². The maximum absolute atomic E-state index is 12.1. The van der Waals surface area contributed by atoms with Gasteiger partial charge in [-0.1, -0.05) is 54.6 Å². The number of hydrogen-bond donors (Lipinski definition) is 3. The summed E-state index contributed by atoms with van der Waals surface area (Å²) >= 11 is 0. The van der Waals surface area contributed by atoms with Crippen molar-refractivity contribution in [2.75, 3.05) is 13.1 Å². The van der Waals surface area contributed by atoms with Crippen LogP contribution in [0, 0.1) is 0 Å². The van der Waals surface area contributed by atoms with Crippen molar-refractivity contribution in [3.63, 3.8) is 0 Å². The maximum Gasteiger partial charge on any atom is 0.407 e. The monoisotopic (exact) mass is 480 g/mol. The Bertz CT molecular complexity index is 1100. The number of benzene rings is 3. The van der Waals surface area contributed by atoms with E-state index >= 15 is 0 Å². The zero-order chi connectivity index (χ0) is 25.7. The third-order valence-electron chi connectivity index (χ3n) is 4.68. The first kappa shape index (κ1) is 27.2. The van der Waals surface area contributed by atoms with Gasteiger partial charge in [-0.05, 0) is 54.8 Å². The summed E-state index contributed by atoms with van der Waals surface area (Å²) in [7, 11) is 0. The summed E-state index contributed by atoms with van der Waals surface area (Å²) in [6, 6.07) is 21.9. The molecule has 0 atom stereocenters. The van der Waals surface area contributed by atoms with E-state index in [1.165, 1.54) is 10.8 Å². The van der Waals surface area contributed by atoms with Crippen LogP contribution in [0.15, 0.2) is 66.7 Å². The molecule has 0 spiro atoms. The summed E-state index contributed by atoms with van der Waals surface area (Å²) in [5, 5.41) is 14.7. The van der Waals surface area contributed by atoms with Crippen molar-refractivity contribution in [1.82, 2.24) is 10.6 Å². The Morgan fingerprint density at radius 1 is 0.914 bits per heavy atom. The molecular weight excluding hydrogens is 448 g/mol. The van der Waals surface area contributed by atoms with Gasteiger partial charge < -0.3 is 25.2 Å². The van der Waals surface area contributed by atoms with Crippen molar-refractivity contribution in [1.29, 1.82) is 0 Å². The number of carboxylic acid groups (broad SMARTS) is 1. The minimum atomic E-state index is -0.544. The van der Waals surface area contributed by atoms with E-state index in [1.807, 2.05) is 42.5 Å². The highest BCUT2D eigenvalue weighted by Gasteiger charge is 2.15. The van der Waals surface area contributed by atoms with Crippen LogP contribution in [0.1, 0.15) is 31.9 Å². The van der Waals surface area contributed by atoms with E-state index in [4.69, 9.17) is 19.4 Å². The number of alkyl carbamates (subject to hydrolysis) is 1. The Balaban J connectivity index is 0.00000137. The number of amides is 2. The van der Waals surface area contributed by atoms with Gasteiger partial charge in [0.15, 0.2) is 0 Å². The predicted octanol–water partition coefficient (Wildman–Crippen LogP) is 4.30. The zero-order valence-corrected chi connectivity index (χ0v) is 20.2. The first-order valence-electron chi connectivity index (χ1n) is 11.2. The molecule has 0 radical (unpaired) electrons. The molecule has 3 rings (SSSR count). The van der Waals surface area contributed by atoms with Crippen LogP contribution in [-0.4, -0.2) is 42.3 Å². The molecule has 8 nitrogen and oxygen atoms in total. The van der Waals surface area contributed by atoms with Gasteiger partial charge in [0.1, 0.15) is 18.0 Å². The van der Waals surface area contributed by atoms with E-state index in [9.17, 15) is 9.59 Å². The molecule has 0 fully saturated rings. The number of rotatable bonds is 8. The summed E-state index contributed by atoms with van der Waals surface area (Å²) in [5.41, 5.74) is 1.48. The molecule has 3 N–H and O–H groups in total. The van der Waals surface area contributed by atoms with Crippen molar-refractivity contribution in [3.8, 4) is 5.75 Å². The largest absolute Gasteiger partial charge is 0.489 e. The molecular formula is C27H32N2O6. The summed E-state index contributed by atoms with van der Waals surface area (Å²) in [5.74, 6) is 0.643. The minimum Gasteiger partial charge on any atom is -0.489 e. The summed E-state index contributed by atoms with van der Waals surface area (Å²) in [6.45, 7) is 6.27. The smallest absolute Gasteiger partial charge is 0.407 e. The van der Waals surface area contributed by atoms with Gasteiger partial charge in [0.05, 0.1) is 6.42 Å². The van der Waals surface area contributed by atoms with Crippen LogP contribution < -0.4 is 15.4 Å². The van der Waals surface area contributed by atoms with Crippen LogP contribution in [-0.2, 0) is 27.4 Å². The number of nitrogens with one attached hydrogen (secondary N) is 2. The van der Waals surface area contributed by atoms with Crippen LogP contribution >= 0.6 is 0 Å². The lowest BCUT2D eigenvalue weighted by molar-refractivity contribution is -0.123. The highest BCUT2D eigenvalue weighted by atomic mass is 16.6. The van der Waals surface area contributed by atoms with Crippen LogP contribution in [0.2, 0.25) is 0 Å². The first-order chi connectivity index (χ1) is 16.7.